The van der Waals surface area contributed by atoms with Crippen LogP contribution in [0.2, 0.25) is 0 Å². The Balaban J connectivity index is 2.20. The summed E-state index contributed by atoms with van der Waals surface area (Å²) in [4.78, 5) is 15.4. The molecule has 0 aliphatic carbocycles. The highest BCUT2D eigenvalue weighted by molar-refractivity contribution is 5.77. The molecule has 0 saturated carbocycles. The van der Waals surface area contributed by atoms with Gasteiger partial charge in [-0.2, -0.15) is 4.98 Å². The van der Waals surface area contributed by atoms with Crippen molar-refractivity contribution in [2.24, 2.45) is 5.92 Å². The van der Waals surface area contributed by atoms with Crippen LogP contribution in [0.5, 0.6) is 6.08 Å². The molecule has 6 nitrogen and oxygen atoms in total. The fourth-order valence-electron chi connectivity index (χ4n) is 1.44. The van der Waals surface area contributed by atoms with Crippen molar-refractivity contribution in [2.75, 3.05) is 6.61 Å². The molecule has 18 heavy (non-hydrogen) atoms. The second kappa shape index (κ2) is 6.98. The standard InChI is InChI=1S/C12H21N3O3/c1-8(2)5-6-9(3)13-11(16)7-17-12-14-10(4)15-18-12/h8-9H,5-7H2,1-4H3,(H,13,16)/t9-/m1/s1. The van der Waals surface area contributed by atoms with Gasteiger partial charge in [0.15, 0.2) is 12.4 Å². The molecule has 0 unspecified atom stereocenters. The van der Waals surface area contributed by atoms with Crippen LogP contribution in [-0.4, -0.2) is 28.7 Å². The Morgan fingerprint density at radius 2 is 2.11 bits per heavy atom. The third kappa shape index (κ3) is 5.65. The molecule has 0 aliphatic heterocycles. The number of carbonyl (C=O) groups excluding carboxylic acids is 1. The minimum absolute atomic E-state index is 0.0254. The van der Waals surface area contributed by atoms with Crippen molar-refractivity contribution in [1.29, 1.82) is 0 Å². The molecule has 6 heteroatoms. The van der Waals surface area contributed by atoms with Gasteiger partial charge in [-0.3, -0.25) is 9.32 Å². The van der Waals surface area contributed by atoms with Gasteiger partial charge in [-0.1, -0.05) is 19.0 Å². The minimum Gasteiger partial charge on any atom is -0.439 e. The number of aromatic nitrogens is 2. The number of nitrogens with one attached hydrogen (secondary N) is 1. The van der Waals surface area contributed by atoms with Gasteiger partial charge in [0.1, 0.15) is 0 Å². The molecular weight excluding hydrogens is 234 g/mol. The van der Waals surface area contributed by atoms with Gasteiger partial charge < -0.3 is 10.1 Å². The lowest BCUT2D eigenvalue weighted by molar-refractivity contribution is -0.124. The zero-order valence-corrected chi connectivity index (χ0v) is 11.4. The summed E-state index contributed by atoms with van der Waals surface area (Å²) in [6.45, 7) is 7.89. The first-order valence-corrected chi connectivity index (χ1v) is 6.20. The van der Waals surface area contributed by atoms with Gasteiger partial charge in [-0.25, -0.2) is 0 Å². The van der Waals surface area contributed by atoms with E-state index in [2.05, 4.69) is 29.3 Å². The fourth-order valence-corrected chi connectivity index (χ4v) is 1.44. The Bertz CT molecular complexity index is 376. The molecule has 1 N–H and O–H groups in total. The van der Waals surface area contributed by atoms with Gasteiger partial charge in [0.05, 0.1) is 0 Å². The van der Waals surface area contributed by atoms with Gasteiger partial charge in [0.2, 0.25) is 0 Å². The average Bonchev–Trinajstić information content (AvgIpc) is 2.70. The summed E-state index contributed by atoms with van der Waals surface area (Å²) in [6, 6.07) is 0.146. The van der Waals surface area contributed by atoms with Crippen LogP contribution in [0.25, 0.3) is 0 Å². The molecule has 0 radical (unpaired) electrons. The summed E-state index contributed by atoms with van der Waals surface area (Å²) in [5, 5.41) is 6.42. The Kier molecular flexibility index (Phi) is 5.61. The van der Waals surface area contributed by atoms with E-state index in [1.54, 1.807) is 6.92 Å². The van der Waals surface area contributed by atoms with E-state index in [4.69, 9.17) is 9.26 Å². The molecule has 1 aromatic heterocycles. The Labute approximate surface area is 107 Å². The molecule has 0 saturated heterocycles. The van der Waals surface area contributed by atoms with Gasteiger partial charge >= 0.3 is 6.08 Å². The van der Waals surface area contributed by atoms with Crippen LogP contribution < -0.4 is 10.1 Å². The zero-order chi connectivity index (χ0) is 13.5. The van der Waals surface area contributed by atoms with Crippen molar-refractivity contribution in [3.8, 4) is 6.08 Å². The van der Waals surface area contributed by atoms with E-state index in [1.807, 2.05) is 6.92 Å². The highest BCUT2D eigenvalue weighted by Crippen LogP contribution is 2.07. The largest absolute Gasteiger partial charge is 0.439 e. The first kappa shape index (κ1) is 14.5. The molecule has 1 aromatic rings. The number of rotatable bonds is 7. The quantitative estimate of drug-likeness (QED) is 0.802. The third-order valence-corrected chi connectivity index (χ3v) is 2.42. The van der Waals surface area contributed by atoms with Gasteiger partial charge in [0, 0.05) is 6.04 Å². The molecule has 102 valence electrons. The van der Waals surface area contributed by atoms with Crippen LogP contribution >= 0.6 is 0 Å². The average molecular weight is 255 g/mol. The van der Waals surface area contributed by atoms with E-state index >= 15 is 0 Å². The van der Waals surface area contributed by atoms with Gasteiger partial charge in [-0.05, 0) is 32.6 Å². The fraction of sp³-hybridized carbons (Fsp3) is 0.750. The Morgan fingerprint density at radius 3 is 2.67 bits per heavy atom. The smallest absolute Gasteiger partial charge is 0.417 e. The molecule has 1 atom stereocenters. The summed E-state index contributed by atoms with van der Waals surface area (Å²) in [7, 11) is 0. The summed E-state index contributed by atoms with van der Waals surface area (Å²) < 4.78 is 9.80. The van der Waals surface area contributed by atoms with Crippen molar-refractivity contribution in [2.45, 2.75) is 46.6 Å². The molecule has 0 spiro atoms. The Morgan fingerprint density at radius 1 is 1.39 bits per heavy atom. The van der Waals surface area contributed by atoms with Crippen molar-refractivity contribution in [1.82, 2.24) is 15.5 Å². The lowest BCUT2D eigenvalue weighted by atomic mass is 10.0. The van der Waals surface area contributed by atoms with E-state index in [-0.39, 0.29) is 24.6 Å². The molecule has 0 fully saturated rings. The molecule has 0 aliphatic rings. The number of amides is 1. The molecule has 0 bridgehead atoms. The molecule has 1 amide bonds. The topological polar surface area (TPSA) is 77.2 Å². The van der Waals surface area contributed by atoms with Gasteiger partial charge in [-0.15, -0.1) is 0 Å². The summed E-state index contributed by atoms with van der Waals surface area (Å²) >= 11 is 0. The van der Waals surface area contributed by atoms with Crippen molar-refractivity contribution >= 4 is 5.91 Å². The highest BCUT2D eigenvalue weighted by atomic mass is 16.6. The zero-order valence-electron chi connectivity index (χ0n) is 11.4. The monoisotopic (exact) mass is 255 g/mol. The summed E-state index contributed by atoms with van der Waals surface area (Å²) in [5.74, 6) is 0.944. The maximum Gasteiger partial charge on any atom is 0.417 e. The maximum absolute atomic E-state index is 11.6. The van der Waals surface area contributed by atoms with Crippen molar-refractivity contribution in [3.63, 3.8) is 0 Å². The third-order valence-electron chi connectivity index (χ3n) is 2.42. The van der Waals surface area contributed by atoms with Crippen LogP contribution in [0, 0.1) is 12.8 Å². The predicted octanol–water partition coefficient (Wildman–Crippen LogP) is 1.70. The number of ether oxygens (including phenoxy) is 1. The predicted molar refractivity (Wildman–Crippen MR) is 66.2 cm³/mol. The van der Waals surface area contributed by atoms with E-state index in [0.29, 0.717) is 11.7 Å². The van der Waals surface area contributed by atoms with Crippen LogP contribution in [0.15, 0.2) is 4.52 Å². The van der Waals surface area contributed by atoms with Crippen molar-refractivity contribution < 1.29 is 14.1 Å². The van der Waals surface area contributed by atoms with Crippen LogP contribution in [0.1, 0.15) is 39.4 Å². The number of carbonyl (C=O) groups is 1. The Hall–Kier alpha value is -1.59. The lowest BCUT2D eigenvalue weighted by Crippen LogP contribution is -2.36. The van der Waals surface area contributed by atoms with Crippen LogP contribution in [-0.2, 0) is 4.79 Å². The van der Waals surface area contributed by atoms with E-state index < -0.39 is 0 Å². The van der Waals surface area contributed by atoms with Crippen LogP contribution in [0.3, 0.4) is 0 Å². The van der Waals surface area contributed by atoms with E-state index in [1.165, 1.54) is 0 Å². The normalized spacial score (nSPS) is 12.5. The highest BCUT2D eigenvalue weighted by Gasteiger charge is 2.10. The molecule has 1 rings (SSSR count). The molecular formula is C12H21N3O3. The number of nitrogens with zero attached hydrogens (tertiary/aromatic N) is 2. The summed E-state index contributed by atoms with van der Waals surface area (Å²) in [5.41, 5.74) is 0. The molecule has 1 heterocycles. The second-order valence-electron chi connectivity index (χ2n) is 4.84. The van der Waals surface area contributed by atoms with Gasteiger partial charge in [0.25, 0.3) is 5.91 Å². The second-order valence-corrected chi connectivity index (χ2v) is 4.84. The molecule has 0 aromatic carbocycles. The van der Waals surface area contributed by atoms with Crippen molar-refractivity contribution in [3.05, 3.63) is 5.82 Å². The minimum atomic E-state index is -0.179. The number of hydrogen-bond donors (Lipinski definition) is 1. The number of aryl methyl sites for hydroxylation is 1. The lowest BCUT2D eigenvalue weighted by Gasteiger charge is -2.14. The number of hydrogen-bond acceptors (Lipinski definition) is 5. The van der Waals surface area contributed by atoms with E-state index in [9.17, 15) is 4.79 Å². The van der Waals surface area contributed by atoms with E-state index in [0.717, 1.165) is 12.8 Å². The first-order chi connectivity index (χ1) is 8.47. The van der Waals surface area contributed by atoms with Crippen LogP contribution in [0.4, 0.5) is 0 Å². The maximum atomic E-state index is 11.6. The summed E-state index contributed by atoms with van der Waals surface area (Å²) in [6.07, 6.45) is 2.08. The SMILES string of the molecule is Cc1noc(OCC(=O)N[C@H](C)CCC(C)C)n1. The first-order valence-electron chi connectivity index (χ1n) is 6.20.